The van der Waals surface area contributed by atoms with E-state index < -0.39 is 5.82 Å². The van der Waals surface area contributed by atoms with E-state index in [1.54, 1.807) is 0 Å². The summed E-state index contributed by atoms with van der Waals surface area (Å²) in [6, 6.07) is 1.81. The zero-order chi connectivity index (χ0) is 7.72. The van der Waals surface area contributed by atoms with Gasteiger partial charge in [0, 0.05) is 12.1 Å². The van der Waals surface area contributed by atoms with Crippen molar-refractivity contribution in [2.75, 3.05) is 0 Å². The fourth-order valence-corrected chi connectivity index (χ4v) is 0.790. The first kappa shape index (κ1) is 7.34. The molecule has 0 radical (unpaired) electrons. The Morgan fingerprint density at radius 3 is 2.00 bits per heavy atom. The summed E-state index contributed by atoms with van der Waals surface area (Å²) in [5.41, 5.74) is 0. The maximum Gasteiger partial charge on any atom is 0.136 e. The molecule has 0 bridgehead atoms. The van der Waals surface area contributed by atoms with Crippen LogP contribution in [-0.4, -0.2) is 10.2 Å². The van der Waals surface area contributed by atoms with Gasteiger partial charge in [-0.1, -0.05) is 0 Å². The lowest BCUT2D eigenvalue weighted by Gasteiger charge is -1.98. The molecule has 1 aromatic carbocycles. The van der Waals surface area contributed by atoms with Crippen LogP contribution < -0.4 is 0 Å². The number of hydrogen-bond acceptors (Lipinski definition) is 2. The first-order valence-corrected chi connectivity index (χ1v) is 3.27. The molecule has 4 heteroatoms. The highest BCUT2D eigenvalue weighted by Gasteiger charge is 2.05. The van der Waals surface area contributed by atoms with Gasteiger partial charge >= 0.3 is 0 Å². The van der Waals surface area contributed by atoms with Crippen LogP contribution >= 0.6 is 15.9 Å². The lowest BCUT2D eigenvalue weighted by Crippen LogP contribution is -1.75. The summed E-state index contributed by atoms with van der Waals surface area (Å²) in [7, 11) is 0. The average Bonchev–Trinajstić information content (AvgIpc) is 1.82. The van der Waals surface area contributed by atoms with Crippen molar-refractivity contribution in [2.45, 2.75) is 0 Å². The molecular weight excluding hydrogens is 203 g/mol. The molecule has 0 aliphatic heterocycles. The monoisotopic (exact) mass is 206 g/mol. The zero-order valence-electron chi connectivity index (χ0n) is 4.81. The summed E-state index contributed by atoms with van der Waals surface area (Å²) in [6.07, 6.45) is 0. The number of phenols is 2. The van der Waals surface area contributed by atoms with Crippen molar-refractivity contribution in [1.29, 1.82) is 0 Å². The van der Waals surface area contributed by atoms with Crippen LogP contribution in [0, 0.1) is 5.82 Å². The van der Waals surface area contributed by atoms with Gasteiger partial charge in [-0.05, 0) is 15.9 Å². The van der Waals surface area contributed by atoms with E-state index in [9.17, 15) is 4.39 Å². The van der Waals surface area contributed by atoms with Gasteiger partial charge in [-0.2, -0.15) is 0 Å². The largest absolute Gasteiger partial charge is 0.507 e. The quantitative estimate of drug-likeness (QED) is 0.682. The Labute approximate surface area is 65.1 Å². The third-order valence-electron chi connectivity index (χ3n) is 0.999. The molecule has 0 spiro atoms. The van der Waals surface area contributed by atoms with E-state index in [0.29, 0.717) is 0 Å². The normalized spacial score (nSPS) is 9.80. The average molecular weight is 207 g/mol. The van der Waals surface area contributed by atoms with Crippen molar-refractivity contribution in [1.82, 2.24) is 0 Å². The van der Waals surface area contributed by atoms with Crippen LogP contribution in [0.4, 0.5) is 4.39 Å². The van der Waals surface area contributed by atoms with Gasteiger partial charge in [0.15, 0.2) is 0 Å². The van der Waals surface area contributed by atoms with Gasteiger partial charge in [-0.15, -0.1) is 0 Å². The minimum Gasteiger partial charge on any atom is -0.507 e. The van der Waals surface area contributed by atoms with Crippen molar-refractivity contribution >= 4 is 15.9 Å². The Kier molecular flexibility index (Phi) is 1.80. The van der Waals surface area contributed by atoms with Gasteiger partial charge in [0.25, 0.3) is 0 Å². The van der Waals surface area contributed by atoms with Crippen molar-refractivity contribution < 1.29 is 14.6 Å². The number of hydrogen-bond donors (Lipinski definition) is 2. The van der Waals surface area contributed by atoms with E-state index in [4.69, 9.17) is 10.2 Å². The highest BCUT2D eigenvalue weighted by molar-refractivity contribution is 9.10. The smallest absolute Gasteiger partial charge is 0.136 e. The van der Waals surface area contributed by atoms with E-state index in [1.807, 2.05) is 0 Å². The molecule has 0 aromatic heterocycles. The number of phenolic OH excluding ortho intramolecular Hbond substituents is 2. The molecule has 1 aromatic rings. The van der Waals surface area contributed by atoms with Crippen molar-refractivity contribution in [3.8, 4) is 11.5 Å². The Bertz CT molecular complexity index is 239. The Balaban J connectivity index is 3.31. The molecule has 2 nitrogen and oxygen atoms in total. The second-order valence-corrected chi connectivity index (χ2v) is 2.55. The van der Waals surface area contributed by atoms with Crippen LogP contribution in [0.5, 0.6) is 11.5 Å². The van der Waals surface area contributed by atoms with Gasteiger partial charge in [0.1, 0.15) is 21.8 Å². The lowest BCUT2D eigenvalue weighted by atomic mass is 10.3. The number of rotatable bonds is 0. The van der Waals surface area contributed by atoms with Gasteiger partial charge in [0.05, 0.1) is 0 Å². The van der Waals surface area contributed by atoms with Gasteiger partial charge in [0.2, 0.25) is 0 Å². The maximum atomic E-state index is 12.3. The van der Waals surface area contributed by atoms with Crippen molar-refractivity contribution in [3.63, 3.8) is 0 Å². The molecule has 0 fully saturated rings. The van der Waals surface area contributed by atoms with E-state index in [0.717, 1.165) is 12.1 Å². The predicted octanol–water partition coefficient (Wildman–Crippen LogP) is 2.00. The second-order valence-electron chi connectivity index (χ2n) is 1.76. The van der Waals surface area contributed by atoms with Crippen LogP contribution in [0.2, 0.25) is 0 Å². The molecule has 0 unspecified atom stereocenters. The van der Waals surface area contributed by atoms with Crippen molar-refractivity contribution in [2.24, 2.45) is 0 Å². The van der Waals surface area contributed by atoms with Crippen LogP contribution in [0.25, 0.3) is 0 Å². The molecule has 0 heterocycles. The van der Waals surface area contributed by atoms with Gasteiger partial charge in [-0.3, -0.25) is 0 Å². The molecule has 0 saturated carbocycles. The van der Waals surface area contributed by atoms with Gasteiger partial charge in [-0.25, -0.2) is 4.39 Å². The van der Waals surface area contributed by atoms with Crippen molar-refractivity contribution in [3.05, 3.63) is 22.4 Å². The first-order valence-electron chi connectivity index (χ1n) is 2.48. The molecule has 0 amide bonds. The third kappa shape index (κ3) is 1.21. The fourth-order valence-electron chi connectivity index (χ4n) is 0.561. The molecule has 1 rings (SSSR count). The lowest BCUT2D eigenvalue weighted by molar-refractivity contribution is 0.435. The summed E-state index contributed by atoms with van der Waals surface area (Å²) >= 11 is 2.85. The molecule has 0 aliphatic rings. The predicted molar refractivity (Wildman–Crippen MR) is 37.4 cm³/mol. The summed E-state index contributed by atoms with van der Waals surface area (Å²) in [6.45, 7) is 0. The highest BCUT2D eigenvalue weighted by atomic mass is 79.9. The molecule has 2 N–H and O–H groups in total. The van der Waals surface area contributed by atoms with Crippen LogP contribution in [0.3, 0.4) is 0 Å². The molecular formula is C6H4BrFO2. The van der Waals surface area contributed by atoms with Crippen LogP contribution in [-0.2, 0) is 0 Å². The number of halogens is 2. The highest BCUT2D eigenvalue weighted by Crippen LogP contribution is 2.33. The fraction of sp³-hybridized carbons (Fsp3) is 0. The van der Waals surface area contributed by atoms with E-state index in [2.05, 4.69) is 15.9 Å². The molecule has 0 atom stereocenters. The third-order valence-corrected chi connectivity index (χ3v) is 1.81. The summed E-state index contributed by atoms with van der Waals surface area (Å²) in [5, 5.41) is 17.7. The van der Waals surface area contributed by atoms with E-state index in [1.165, 1.54) is 0 Å². The summed E-state index contributed by atoms with van der Waals surface area (Å²) in [4.78, 5) is 0. The molecule has 0 aliphatic carbocycles. The van der Waals surface area contributed by atoms with Gasteiger partial charge < -0.3 is 10.2 Å². The van der Waals surface area contributed by atoms with Crippen LogP contribution in [0.1, 0.15) is 0 Å². The Morgan fingerprint density at radius 2 is 1.60 bits per heavy atom. The molecule has 54 valence electrons. The Morgan fingerprint density at radius 1 is 1.20 bits per heavy atom. The first-order chi connectivity index (χ1) is 4.61. The molecule has 0 saturated heterocycles. The van der Waals surface area contributed by atoms with E-state index in [-0.39, 0.29) is 16.0 Å². The summed E-state index contributed by atoms with van der Waals surface area (Å²) < 4.78 is 12.4. The molecule has 10 heavy (non-hydrogen) atoms. The maximum absolute atomic E-state index is 12.3. The Hall–Kier alpha value is -0.770. The minimum atomic E-state index is -0.668. The second kappa shape index (κ2) is 2.46. The van der Waals surface area contributed by atoms with E-state index >= 15 is 0 Å². The summed E-state index contributed by atoms with van der Waals surface area (Å²) in [5.74, 6) is -1.28. The number of benzene rings is 1. The topological polar surface area (TPSA) is 40.5 Å². The SMILES string of the molecule is Oc1cc(F)cc(O)c1Br. The zero-order valence-corrected chi connectivity index (χ0v) is 6.39. The standard InChI is InChI=1S/C6H4BrFO2/c7-6-4(9)1-3(8)2-5(6)10/h1-2,9-10H. The number of aromatic hydroxyl groups is 2. The van der Waals surface area contributed by atoms with Crippen LogP contribution in [0.15, 0.2) is 16.6 Å². The minimum absolute atomic E-state index is 0.105.